The molecule has 0 spiro atoms. The van der Waals surface area contributed by atoms with Crippen molar-refractivity contribution < 1.29 is 19.4 Å². The lowest BCUT2D eigenvalue weighted by Gasteiger charge is -2.39. The molecule has 2 aliphatic rings. The molecule has 0 radical (unpaired) electrons. The zero-order valence-electron chi connectivity index (χ0n) is 10.8. The minimum Gasteiger partial charge on any atom is -0.480 e. The Morgan fingerprint density at radius 1 is 1.28 bits per heavy atom. The van der Waals surface area contributed by atoms with Gasteiger partial charge in [0, 0.05) is 13.1 Å². The maximum Gasteiger partial charge on any atom is 0.326 e. The predicted molar refractivity (Wildman–Crippen MR) is 64.3 cm³/mol. The van der Waals surface area contributed by atoms with Gasteiger partial charge in [-0.1, -0.05) is 0 Å². The highest BCUT2D eigenvalue weighted by Gasteiger charge is 2.38. The Morgan fingerprint density at radius 3 is 2.67 bits per heavy atom. The molecule has 0 aromatic carbocycles. The van der Waals surface area contributed by atoms with E-state index in [4.69, 9.17) is 9.84 Å². The lowest BCUT2D eigenvalue weighted by Crippen LogP contribution is -2.56. The van der Waals surface area contributed by atoms with Gasteiger partial charge in [0.05, 0.1) is 18.8 Å². The summed E-state index contributed by atoms with van der Waals surface area (Å²) in [5.41, 5.74) is 0. The number of morpholine rings is 1. The van der Waals surface area contributed by atoms with E-state index in [0.717, 1.165) is 6.42 Å². The molecule has 2 rings (SSSR count). The standard InChI is InChI=1S/C12H20N2O4/c1-8-7-18-9(2)6-14(8)12(17)13-5-3-4-10(13)11(15)16/h8-10H,3-7H2,1-2H3,(H,15,16). The van der Waals surface area contributed by atoms with E-state index >= 15 is 0 Å². The van der Waals surface area contributed by atoms with Crippen molar-refractivity contribution in [2.75, 3.05) is 19.7 Å². The first-order chi connectivity index (χ1) is 8.50. The molecule has 6 heteroatoms. The normalized spacial score (nSPS) is 32.7. The highest BCUT2D eigenvalue weighted by molar-refractivity contribution is 5.83. The number of carbonyl (C=O) groups excluding carboxylic acids is 1. The third kappa shape index (κ3) is 2.43. The molecule has 0 bridgehead atoms. The lowest BCUT2D eigenvalue weighted by molar-refractivity contribution is -0.141. The maximum absolute atomic E-state index is 12.4. The third-order valence-electron chi connectivity index (χ3n) is 3.64. The molecule has 2 amide bonds. The summed E-state index contributed by atoms with van der Waals surface area (Å²) in [6, 6.07) is -0.825. The van der Waals surface area contributed by atoms with Crippen molar-refractivity contribution in [3.8, 4) is 0 Å². The lowest BCUT2D eigenvalue weighted by atomic mass is 10.2. The Kier molecular flexibility index (Phi) is 3.75. The predicted octanol–water partition coefficient (Wildman–Crippen LogP) is 0.765. The second-order valence-electron chi connectivity index (χ2n) is 5.12. The molecule has 1 N–H and O–H groups in total. The van der Waals surface area contributed by atoms with Crippen LogP contribution in [0.3, 0.4) is 0 Å². The van der Waals surface area contributed by atoms with Crippen LogP contribution >= 0.6 is 0 Å². The minimum atomic E-state index is -0.908. The van der Waals surface area contributed by atoms with Gasteiger partial charge in [-0.05, 0) is 26.7 Å². The fourth-order valence-electron chi connectivity index (χ4n) is 2.59. The Balaban J connectivity index is 2.07. The van der Waals surface area contributed by atoms with Crippen LogP contribution in [0.25, 0.3) is 0 Å². The van der Waals surface area contributed by atoms with Gasteiger partial charge in [0.25, 0.3) is 0 Å². The van der Waals surface area contributed by atoms with Crippen LogP contribution in [0, 0.1) is 0 Å². The summed E-state index contributed by atoms with van der Waals surface area (Å²) < 4.78 is 5.48. The number of aliphatic carboxylic acids is 1. The van der Waals surface area contributed by atoms with Crippen molar-refractivity contribution in [1.82, 2.24) is 9.80 Å². The number of urea groups is 1. The van der Waals surface area contributed by atoms with E-state index in [1.165, 1.54) is 4.90 Å². The number of rotatable bonds is 1. The van der Waals surface area contributed by atoms with E-state index in [1.807, 2.05) is 13.8 Å². The summed E-state index contributed by atoms with van der Waals surface area (Å²) >= 11 is 0. The quantitative estimate of drug-likeness (QED) is 0.752. The highest BCUT2D eigenvalue weighted by atomic mass is 16.5. The van der Waals surface area contributed by atoms with Gasteiger partial charge in [-0.15, -0.1) is 0 Å². The fraction of sp³-hybridized carbons (Fsp3) is 0.833. The molecule has 2 saturated heterocycles. The number of carbonyl (C=O) groups is 2. The van der Waals surface area contributed by atoms with Crippen LogP contribution in [0.4, 0.5) is 4.79 Å². The fourth-order valence-corrected chi connectivity index (χ4v) is 2.59. The molecular formula is C12H20N2O4. The number of nitrogens with zero attached hydrogens (tertiary/aromatic N) is 2. The molecule has 3 atom stereocenters. The maximum atomic E-state index is 12.4. The number of hydrogen-bond donors (Lipinski definition) is 1. The number of hydrogen-bond acceptors (Lipinski definition) is 3. The Hall–Kier alpha value is -1.30. The van der Waals surface area contributed by atoms with Crippen LogP contribution in [-0.4, -0.2) is 64.8 Å². The molecule has 0 aliphatic carbocycles. The first-order valence-corrected chi connectivity index (χ1v) is 6.42. The highest BCUT2D eigenvalue weighted by Crippen LogP contribution is 2.22. The van der Waals surface area contributed by atoms with Gasteiger partial charge in [-0.3, -0.25) is 0 Å². The first-order valence-electron chi connectivity index (χ1n) is 6.42. The van der Waals surface area contributed by atoms with E-state index in [9.17, 15) is 9.59 Å². The van der Waals surface area contributed by atoms with Crippen molar-refractivity contribution >= 4 is 12.0 Å². The summed E-state index contributed by atoms with van der Waals surface area (Å²) in [7, 11) is 0. The molecule has 0 aromatic rings. The summed E-state index contributed by atoms with van der Waals surface area (Å²) in [5.74, 6) is -0.908. The van der Waals surface area contributed by atoms with Crippen LogP contribution in [0.2, 0.25) is 0 Å². The number of ether oxygens (including phenoxy) is 1. The van der Waals surface area contributed by atoms with E-state index in [2.05, 4.69) is 0 Å². The summed E-state index contributed by atoms with van der Waals surface area (Å²) in [4.78, 5) is 26.7. The van der Waals surface area contributed by atoms with Gasteiger partial charge in [0.2, 0.25) is 0 Å². The second-order valence-corrected chi connectivity index (χ2v) is 5.12. The van der Waals surface area contributed by atoms with Gasteiger partial charge in [0.1, 0.15) is 6.04 Å². The van der Waals surface area contributed by atoms with Crippen LogP contribution in [0.1, 0.15) is 26.7 Å². The van der Waals surface area contributed by atoms with Gasteiger partial charge in [-0.25, -0.2) is 9.59 Å². The average molecular weight is 256 g/mol. The van der Waals surface area contributed by atoms with E-state index < -0.39 is 12.0 Å². The Morgan fingerprint density at radius 2 is 2.00 bits per heavy atom. The number of carboxylic acid groups (broad SMARTS) is 1. The van der Waals surface area contributed by atoms with E-state index in [0.29, 0.717) is 26.1 Å². The van der Waals surface area contributed by atoms with Gasteiger partial charge in [0.15, 0.2) is 0 Å². The molecule has 2 heterocycles. The third-order valence-corrected chi connectivity index (χ3v) is 3.64. The van der Waals surface area contributed by atoms with Crippen molar-refractivity contribution in [2.24, 2.45) is 0 Å². The van der Waals surface area contributed by atoms with Crippen molar-refractivity contribution in [2.45, 2.75) is 44.9 Å². The summed E-state index contributed by atoms with van der Waals surface area (Å²) in [5, 5.41) is 9.11. The van der Waals surface area contributed by atoms with Crippen LogP contribution in [0.15, 0.2) is 0 Å². The number of likely N-dealkylation sites (tertiary alicyclic amines) is 1. The number of amides is 2. The van der Waals surface area contributed by atoms with Gasteiger partial charge in [-0.2, -0.15) is 0 Å². The zero-order valence-corrected chi connectivity index (χ0v) is 10.8. The molecule has 0 saturated carbocycles. The van der Waals surface area contributed by atoms with Crippen LogP contribution in [-0.2, 0) is 9.53 Å². The van der Waals surface area contributed by atoms with Crippen molar-refractivity contribution in [3.63, 3.8) is 0 Å². The smallest absolute Gasteiger partial charge is 0.326 e. The largest absolute Gasteiger partial charge is 0.480 e. The molecule has 6 nitrogen and oxygen atoms in total. The Bertz CT molecular complexity index is 347. The first kappa shape index (κ1) is 13.1. The van der Waals surface area contributed by atoms with Gasteiger partial charge < -0.3 is 19.6 Å². The summed E-state index contributed by atoms with van der Waals surface area (Å²) in [6.07, 6.45) is 1.32. The SMILES string of the molecule is CC1CN(C(=O)N2CCCC2C(=O)O)C(C)CO1. The molecule has 0 aromatic heterocycles. The van der Waals surface area contributed by atoms with E-state index in [1.54, 1.807) is 4.90 Å². The molecule has 2 aliphatic heterocycles. The molecule has 2 fully saturated rings. The van der Waals surface area contributed by atoms with Crippen LogP contribution in [0.5, 0.6) is 0 Å². The Labute approximate surface area is 106 Å². The monoisotopic (exact) mass is 256 g/mol. The average Bonchev–Trinajstić information content (AvgIpc) is 2.80. The molecule has 102 valence electrons. The minimum absolute atomic E-state index is 0.00347. The number of carboxylic acids is 1. The second kappa shape index (κ2) is 5.14. The zero-order chi connectivity index (χ0) is 13.3. The molecule has 3 unspecified atom stereocenters. The van der Waals surface area contributed by atoms with Gasteiger partial charge >= 0.3 is 12.0 Å². The van der Waals surface area contributed by atoms with Crippen molar-refractivity contribution in [1.29, 1.82) is 0 Å². The van der Waals surface area contributed by atoms with E-state index in [-0.39, 0.29) is 18.2 Å². The topological polar surface area (TPSA) is 70.1 Å². The molecular weight excluding hydrogens is 236 g/mol. The van der Waals surface area contributed by atoms with Crippen molar-refractivity contribution in [3.05, 3.63) is 0 Å². The molecule has 18 heavy (non-hydrogen) atoms. The van der Waals surface area contributed by atoms with Crippen LogP contribution < -0.4 is 0 Å². The summed E-state index contributed by atoms with van der Waals surface area (Å²) in [6.45, 7) is 5.43.